The van der Waals surface area contributed by atoms with Crippen molar-refractivity contribution in [3.8, 4) is 0 Å². The van der Waals surface area contributed by atoms with Crippen LogP contribution >= 0.6 is 0 Å². The van der Waals surface area contributed by atoms with Crippen LogP contribution in [0, 0.1) is 0 Å². The van der Waals surface area contributed by atoms with Crippen LogP contribution in [0.1, 0.15) is 29.0 Å². The molecule has 0 aliphatic heterocycles. The molecule has 19 heavy (non-hydrogen) atoms. The first kappa shape index (κ1) is 11.8. The standard InChI is InChI=1S/C14H16N4O/c19-14(18-11-4-5-11)10-2-1-3-12(8-10)17-9-13-15-6-7-16-13/h1-3,6-8,11,17H,4-5,9H2,(H,15,16)(H,18,19). The highest BCUT2D eigenvalue weighted by atomic mass is 16.1. The number of rotatable bonds is 5. The van der Waals surface area contributed by atoms with E-state index in [1.807, 2.05) is 24.3 Å². The van der Waals surface area contributed by atoms with Gasteiger partial charge in [-0.25, -0.2) is 4.98 Å². The van der Waals surface area contributed by atoms with Crippen LogP contribution in [0.5, 0.6) is 0 Å². The second kappa shape index (κ2) is 5.14. The van der Waals surface area contributed by atoms with Gasteiger partial charge in [0.05, 0.1) is 6.54 Å². The zero-order valence-electron chi connectivity index (χ0n) is 10.5. The first-order chi connectivity index (χ1) is 9.31. The number of hydrogen-bond acceptors (Lipinski definition) is 3. The number of benzene rings is 1. The number of imidazole rings is 1. The largest absolute Gasteiger partial charge is 0.378 e. The lowest BCUT2D eigenvalue weighted by molar-refractivity contribution is 0.0951. The lowest BCUT2D eigenvalue weighted by atomic mass is 10.2. The van der Waals surface area contributed by atoms with Crippen molar-refractivity contribution in [1.29, 1.82) is 0 Å². The third-order valence-electron chi connectivity index (χ3n) is 3.05. The zero-order chi connectivity index (χ0) is 13.1. The minimum absolute atomic E-state index is 0.00384. The third-order valence-corrected chi connectivity index (χ3v) is 3.05. The summed E-state index contributed by atoms with van der Waals surface area (Å²) in [6.07, 6.45) is 5.71. The monoisotopic (exact) mass is 256 g/mol. The van der Waals surface area contributed by atoms with Crippen LogP contribution < -0.4 is 10.6 Å². The van der Waals surface area contributed by atoms with Crippen LogP contribution in [0.3, 0.4) is 0 Å². The fraction of sp³-hybridized carbons (Fsp3) is 0.286. The van der Waals surface area contributed by atoms with Crippen LogP contribution in [0.4, 0.5) is 5.69 Å². The minimum atomic E-state index is 0.00384. The van der Waals surface area contributed by atoms with Crippen LogP contribution in [-0.2, 0) is 6.54 Å². The van der Waals surface area contributed by atoms with Crippen molar-refractivity contribution >= 4 is 11.6 Å². The van der Waals surface area contributed by atoms with Crippen molar-refractivity contribution < 1.29 is 4.79 Å². The van der Waals surface area contributed by atoms with Gasteiger partial charge in [-0.15, -0.1) is 0 Å². The molecule has 1 aromatic carbocycles. The molecule has 98 valence electrons. The van der Waals surface area contributed by atoms with E-state index in [9.17, 15) is 4.79 Å². The number of amides is 1. The molecule has 5 nitrogen and oxygen atoms in total. The summed E-state index contributed by atoms with van der Waals surface area (Å²) in [5.41, 5.74) is 1.61. The van der Waals surface area contributed by atoms with Gasteiger partial charge in [-0.2, -0.15) is 0 Å². The number of nitrogens with one attached hydrogen (secondary N) is 3. The topological polar surface area (TPSA) is 69.8 Å². The Morgan fingerprint density at radius 3 is 3.05 bits per heavy atom. The molecular formula is C14H16N4O. The molecule has 1 heterocycles. The van der Waals surface area contributed by atoms with Crippen molar-refractivity contribution in [2.45, 2.75) is 25.4 Å². The summed E-state index contributed by atoms with van der Waals surface area (Å²) in [5.74, 6) is 0.872. The first-order valence-electron chi connectivity index (χ1n) is 6.44. The van der Waals surface area contributed by atoms with Crippen LogP contribution in [0.2, 0.25) is 0 Å². The fourth-order valence-corrected chi connectivity index (χ4v) is 1.85. The Bertz CT molecular complexity index is 561. The molecule has 0 unspecified atom stereocenters. The average Bonchev–Trinajstić information content (AvgIpc) is 3.09. The highest BCUT2D eigenvalue weighted by Gasteiger charge is 2.23. The van der Waals surface area contributed by atoms with Crippen LogP contribution in [-0.4, -0.2) is 21.9 Å². The number of aromatic nitrogens is 2. The van der Waals surface area contributed by atoms with Gasteiger partial charge in [-0.1, -0.05) is 6.07 Å². The number of carbonyl (C=O) groups is 1. The molecule has 1 amide bonds. The van der Waals surface area contributed by atoms with Gasteiger partial charge in [0.25, 0.3) is 5.91 Å². The van der Waals surface area contributed by atoms with E-state index >= 15 is 0 Å². The SMILES string of the molecule is O=C(NC1CC1)c1cccc(NCc2ncc[nH]2)c1. The molecule has 1 saturated carbocycles. The lowest BCUT2D eigenvalue weighted by Gasteiger charge is -2.07. The van der Waals surface area contributed by atoms with Gasteiger partial charge in [-0.3, -0.25) is 4.79 Å². The molecule has 3 N–H and O–H groups in total. The second-order valence-electron chi connectivity index (χ2n) is 4.72. The molecule has 1 fully saturated rings. The second-order valence-corrected chi connectivity index (χ2v) is 4.72. The molecule has 1 aromatic heterocycles. The van der Waals surface area contributed by atoms with Crippen molar-refractivity contribution in [1.82, 2.24) is 15.3 Å². The molecule has 3 rings (SSSR count). The Balaban J connectivity index is 1.63. The Labute approximate surface area is 111 Å². The molecular weight excluding hydrogens is 240 g/mol. The molecule has 1 aliphatic rings. The predicted octanol–water partition coefficient (Wildman–Crippen LogP) is 1.91. The van der Waals surface area contributed by atoms with E-state index in [1.54, 1.807) is 12.4 Å². The Hall–Kier alpha value is -2.30. The maximum Gasteiger partial charge on any atom is 0.251 e. The van der Waals surface area contributed by atoms with Gasteiger partial charge < -0.3 is 15.6 Å². The van der Waals surface area contributed by atoms with E-state index in [0.29, 0.717) is 18.2 Å². The quantitative estimate of drug-likeness (QED) is 0.765. The highest BCUT2D eigenvalue weighted by molar-refractivity contribution is 5.95. The molecule has 0 bridgehead atoms. The maximum atomic E-state index is 11.9. The van der Waals surface area contributed by atoms with Gasteiger partial charge in [0.15, 0.2) is 0 Å². The first-order valence-corrected chi connectivity index (χ1v) is 6.44. The molecule has 0 saturated heterocycles. The summed E-state index contributed by atoms with van der Waals surface area (Å²) in [6, 6.07) is 7.90. The molecule has 5 heteroatoms. The summed E-state index contributed by atoms with van der Waals surface area (Å²) in [4.78, 5) is 19.1. The summed E-state index contributed by atoms with van der Waals surface area (Å²) >= 11 is 0. The summed E-state index contributed by atoms with van der Waals surface area (Å²) in [6.45, 7) is 0.612. The molecule has 0 atom stereocenters. The van der Waals surface area contributed by atoms with Gasteiger partial charge in [0, 0.05) is 29.7 Å². The number of hydrogen-bond donors (Lipinski definition) is 3. The molecule has 0 radical (unpaired) electrons. The predicted molar refractivity (Wildman–Crippen MR) is 72.8 cm³/mol. The van der Waals surface area contributed by atoms with Crippen LogP contribution in [0.15, 0.2) is 36.7 Å². The van der Waals surface area contributed by atoms with Crippen molar-refractivity contribution in [2.75, 3.05) is 5.32 Å². The average molecular weight is 256 g/mol. The summed E-state index contributed by atoms with van der Waals surface area (Å²) in [5, 5.41) is 6.22. The highest BCUT2D eigenvalue weighted by Crippen LogP contribution is 2.20. The normalized spacial score (nSPS) is 14.1. The van der Waals surface area contributed by atoms with Crippen LogP contribution in [0.25, 0.3) is 0 Å². The van der Waals surface area contributed by atoms with Crippen molar-refractivity contribution in [2.24, 2.45) is 0 Å². The van der Waals surface area contributed by atoms with Gasteiger partial charge in [0.1, 0.15) is 5.82 Å². The number of nitrogens with zero attached hydrogens (tertiary/aromatic N) is 1. The third kappa shape index (κ3) is 3.13. The Morgan fingerprint density at radius 2 is 2.32 bits per heavy atom. The number of carbonyl (C=O) groups excluding carboxylic acids is 1. The lowest BCUT2D eigenvalue weighted by Crippen LogP contribution is -2.25. The molecule has 0 spiro atoms. The molecule has 2 aromatic rings. The van der Waals surface area contributed by atoms with Gasteiger partial charge >= 0.3 is 0 Å². The van der Waals surface area contributed by atoms with E-state index in [-0.39, 0.29) is 5.91 Å². The van der Waals surface area contributed by atoms with Crippen molar-refractivity contribution in [3.63, 3.8) is 0 Å². The summed E-state index contributed by atoms with van der Waals surface area (Å²) < 4.78 is 0. The summed E-state index contributed by atoms with van der Waals surface area (Å²) in [7, 11) is 0. The van der Waals surface area contributed by atoms with E-state index < -0.39 is 0 Å². The number of aromatic amines is 1. The van der Waals surface area contributed by atoms with Gasteiger partial charge in [0.2, 0.25) is 0 Å². The van der Waals surface area contributed by atoms with Crippen molar-refractivity contribution in [3.05, 3.63) is 48.0 Å². The Morgan fingerprint density at radius 1 is 1.42 bits per heavy atom. The van der Waals surface area contributed by atoms with E-state index in [0.717, 1.165) is 24.4 Å². The molecule has 1 aliphatic carbocycles. The minimum Gasteiger partial charge on any atom is -0.378 e. The van der Waals surface area contributed by atoms with E-state index in [2.05, 4.69) is 20.6 Å². The Kier molecular flexibility index (Phi) is 3.18. The van der Waals surface area contributed by atoms with E-state index in [4.69, 9.17) is 0 Å². The van der Waals surface area contributed by atoms with E-state index in [1.165, 1.54) is 0 Å². The maximum absolute atomic E-state index is 11.9. The smallest absolute Gasteiger partial charge is 0.251 e. The number of H-pyrrole nitrogens is 1. The fourth-order valence-electron chi connectivity index (χ4n) is 1.85. The van der Waals surface area contributed by atoms with Gasteiger partial charge in [-0.05, 0) is 31.0 Å². The number of anilines is 1. The zero-order valence-corrected chi connectivity index (χ0v) is 10.5.